The maximum absolute atomic E-state index is 12.0. The minimum absolute atomic E-state index is 0.0882. The second-order valence-corrected chi connectivity index (χ2v) is 4.94. The van der Waals surface area contributed by atoms with Gasteiger partial charge in [0.15, 0.2) is 5.84 Å². The van der Waals surface area contributed by atoms with Gasteiger partial charge >= 0.3 is 5.97 Å². The fourth-order valence-electron chi connectivity index (χ4n) is 1.79. The van der Waals surface area contributed by atoms with Gasteiger partial charge in [-0.2, -0.15) is 0 Å². The number of non-ortho nitro benzene ring substituents is 1. The Morgan fingerprint density at radius 2 is 1.92 bits per heavy atom. The summed E-state index contributed by atoms with van der Waals surface area (Å²) in [4.78, 5) is 26.9. The van der Waals surface area contributed by atoms with E-state index in [1.165, 1.54) is 43.5 Å². The molecule has 0 bridgehead atoms. The van der Waals surface area contributed by atoms with Crippen LogP contribution in [0.15, 0.2) is 47.6 Å². The van der Waals surface area contributed by atoms with E-state index in [0.29, 0.717) is 10.6 Å². The fraction of sp³-hybridized carbons (Fsp3) is 0.0667. The molecule has 2 rings (SSSR count). The average Bonchev–Trinajstić information content (AvgIpc) is 2.59. The molecule has 8 nitrogen and oxygen atoms in total. The molecule has 2 aromatic carbocycles. The van der Waals surface area contributed by atoms with E-state index in [2.05, 4.69) is 5.16 Å². The molecular weight excluding hydrogens is 338 g/mol. The standard InChI is InChI=1S/C15H12ClN3O5/c1-23-13-7-4-10(16)8-12(13)15(20)24-18-14(17)9-2-5-11(6-3-9)19(21)22/h2-8H,1H3,(H2,17,18). The molecule has 124 valence electrons. The number of methoxy groups -OCH3 is 1. The number of nitrogens with two attached hydrogens (primary N) is 1. The van der Waals surface area contributed by atoms with Gasteiger partial charge in [-0.3, -0.25) is 10.1 Å². The van der Waals surface area contributed by atoms with E-state index < -0.39 is 10.9 Å². The predicted molar refractivity (Wildman–Crippen MR) is 87.2 cm³/mol. The molecule has 2 N–H and O–H groups in total. The number of nitro groups is 1. The first-order chi connectivity index (χ1) is 11.4. The van der Waals surface area contributed by atoms with Gasteiger partial charge in [-0.1, -0.05) is 16.8 Å². The van der Waals surface area contributed by atoms with E-state index in [1.807, 2.05) is 0 Å². The molecule has 0 aliphatic rings. The highest BCUT2D eigenvalue weighted by Crippen LogP contribution is 2.23. The van der Waals surface area contributed by atoms with Crippen LogP contribution in [0.2, 0.25) is 5.02 Å². The summed E-state index contributed by atoms with van der Waals surface area (Å²) in [5.74, 6) is -0.646. The largest absolute Gasteiger partial charge is 0.496 e. The summed E-state index contributed by atoms with van der Waals surface area (Å²) in [7, 11) is 1.40. The van der Waals surface area contributed by atoms with Crippen molar-refractivity contribution in [3.05, 3.63) is 68.7 Å². The van der Waals surface area contributed by atoms with Gasteiger partial charge in [-0.05, 0) is 30.3 Å². The second kappa shape index (κ2) is 7.42. The Labute approximate surface area is 141 Å². The van der Waals surface area contributed by atoms with Gasteiger partial charge in [0.2, 0.25) is 0 Å². The van der Waals surface area contributed by atoms with Crippen molar-refractivity contribution < 1.29 is 19.3 Å². The number of carbonyl (C=O) groups is 1. The third kappa shape index (κ3) is 3.99. The quantitative estimate of drug-likeness (QED) is 0.291. The maximum atomic E-state index is 12.0. The number of nitro benzene ring substituents is 1. The van der Waals surface area contributed by atoms with Crippen LogP contribution in [0.5, 0.6) is 5.75 Å². The van der Waals surface area contributed by atoms with Gasteiger partial charge in [0.05, 0.1) is 12.0 Å². The summed E-state index contributed by atoms with van der Waals surface area (Å²) in [5.41, 5.74) is 6.06. The van der Waals surface area contributed by atoms with Crippen molar-refractivity contribution in [3.8, 4) is 5.75 Å². The number of halogens is 1. The minimum Gasteiger partial charge on any atom is -0.496 e. The number of oxime groups is 1. The zero-order valence-corrected chi connectivity index (χ0v) is 13.2. The molecule has 9 heteroatoms. The molecule has 0 radical (unpaired) electrons. The lowest BCUT2D eigenvalue weighted by Crippen LogP contribution is -2.15. The van der Waals surface area contributed by atoms with Crippen molar-refractivity contribution in [2.45, 2.75) is 0 Å². The Morgan fingerprint density at radius 1 is 1.25 bits per heavy atom. The van der Waals surface area contributed by atoms with Gasteiger partial charge in [-0.25, -0.2) is 4.79 Å². The Balaban J connectivity index is 2.16. The summed E-state index contributed by atoms with van der Waals surface area (Å²) in [6.45, 7) is 0. The molecule has 0 saturated carbocycles. The van der Waals surface area contributed by atoms with Crippen molar-refractivity contribution in [1.82, 2.24) is 0 Å². The summed E-state index contributed by atoms with van der Waals surface area (Å²) in [6.07, 6.45) is 0. The van der Waals surface area contributed by atoms with Crippen molar-refractivity contribution in [2.24, 2.45) is 10.9 Å². The fourth-order valence-corrected chi connectivity index (χ4v) is 1.96. The topological polar surface area (TPSA) is 117 Å². The number of benzene rings is 2. The third-order valence-electron chi connectivity index (χ3n) is 2.98. The van der Waals surface area contributed by atoms with E-state index in [0.717, 1.165) is 0 Å². The van der Waals surface area contributed by atoms with E-state index in [4.69, 9.17) is 26.9 Å². The van der Waals surface area contributed by atoms with Crippen molar-refractivity contribution >= 4 is 29.1 Å². The van der Waals surface area contributed by atoms with Gasteiger partial charge in [-0.15, -0.1) is 0 Å². The number of ether oxygens (including phenoxy) is 1. The van der Waals surface area contributed by atoms with Crippen LogP contribution in [-0.4, -0.2) is 23.8 Å². The van der Waals surface area contributed by atoms with Crippen LogP contribution in [0.4, 0.5) is 5.69 Å². The normalized spacial score (nSPS) is 11.0. The molecule has 0 fully saturated rings. The predicted octanol–water partition coefficient (Wildman–Crippen LogP) is 2.73. The number of hydrogen-bond acceptors (Lipinski definition) is 6. The van der Waals surface area contributed by atoms with Crippen molar-refractivity contribution in [2.75, 3.05) is 7.11 Å². The number of hydrogen-bond donors (Lipinski definition) is 1. The van der Waals surface area contributed by atoms with Crippen LogP contribution in [0.3, 0.4) is 0 Å². The molecule has 0 heterocycles. The monoisotopic (exact) mass is 349 g/mol. The Bertz CT molecular complexity index is 805. The van der Waals surface area contributed by atoms with E-state index >= 15 is 0 Å². The maximum Gasteiger partial charge on any atom is 0.369 e. The smallest absolute Gasteiger partial charge is 0.369 e. The van der Waals surface area contributed by atoms with E-state index in [-0.39, 0.29) is 22.8 Å². The van der Waals surface area contributed by atoms with Gasteiger partial charge < -0.3 is 15.3 Å². The molecule has 0 spiro atoms. The van der Waals surface area contributed by atoms with Gasteiger partial charge in [0, 0.05) is 22.7 Å². The average molecular weight is 350 g/mol. The van der Waals surface area contributed by atoms with Crippen LogP contribution in [0, 0.1) is 10.1 Å². The van der Waals surface area contributed by atoms with E-state index in [1.54, 1.807) is 6.07 Å². The molecule has 0 amide bonds. The highest BCUT2D eigenvalue weighted by atomic mass is 35.5. The van der Waals surface area contributed by atoms with Crippen LogP contribution >= 0.6 is 11.6 Å². The van der Waals surface area contributed by atoms with Crippen LogP contribution in [0.1, 0.15) is 15.9 Å². The van der Waals surface area contributed by atoms with Gasteiger partial charge in [0.25, 0.3) is 5.69 Å². The summed E-state index contributed by atoms with van der Waals surface area (Å²) >= 11 is 5.84. The lowest BCUT2D eigenvalue weighted by Gasteiger charge is -2.06. The SMILES string of the molecule is COc1ccc(Cl)cc1C(=O)O/N=C(/N)c1ccc([N+](=O)[O-])cc1. The van der Waals surface area contributed by atoms with Crippen LogP contribution in [-0.2, 0) is 4.84 Å². The van der Waals surface area contributed by atoms with Crippen molar-refractivity contribution in [1.29, 1.82) is 0 Å². The van der Waals surface area contributed by atoms with Crippen LogP contribution < -0.4 is 10.5 Å². The Morgan fingerprint density at radius 3 is 2.50 bits per heavy atom. The number of nitrogens with zero attached hydrogens (tertiary/aromatic N) is 2. The number of carbonyl (C=O) groups excluding carboxylic acids is 1. The minimum atomic E-state index is -0.806. The number of rotatable bonds is 5. The molecule has 2 aromatic rings. The summed E-state index contributed by atoms with van der Waals surface area (Å²) in [6, 6.07) is 9.77. The van der Waals surface area contributed by atoms with E-state index in [9.17, 15) is 14.9 Å². The molecular formula is C15H12ClN3O5. The third-order valence-corrected chi connectivity index (χ3v) is 3.22. The highest BCUT2D eigenvalue weighted by Gasteiger charge is 2.15. The molecule has 0 aliphatic carbocycles. The first-order valence-corrected chi connectivity index (χ1v) is 6.93. The zero-order valence-electron chi connectivity index (χ0n) is 12.4. The van der Waals surface area contributed by atoms with Crippen LogP contribution in [0.25, 0.3) is 0 Å². The Hall–Kier alpha value is -3.13. The van der Waals surface area contributed by atoms with Gasteiger partial charge in [0.1, 0.15) is 11.3 Å². The molecule has 0 saturated heterocycles. The first kappa shape index (κ1) is 17.2. The summed E-state index contributed by atoms with van der Waals surface area (Å²) in [5, 5.41) is 14.4. The highest BCUT2D eigenvalue weighted by molar-refractivity contribution is 6.31. The lowest BCUT2D eigenvalue weighted by molar-refractivity contribution is -0.384. The zero-order chi connectivity index (χ0) is 17.7. The van der Waals surface area contributed by atoms with Crippen molar-refractivity contribution in [3.63, 3.8) is 0 Å². The number of amidine groups is 1. The second-order valence-electron chi connectivity index (χ2n) is 4.50. The molecule has 0 aliphatic heterocycles. The molecule has 0 aromatic heterocycles. The molecule has 24 heavy (non-hydrogen) atoms. The molecule has 0 unspecified atom stereocenters. The Kier molecular flexibility index (Phi) is 5.33. The molecule has 0 atom stereocenters. The lowest BCUT2D eigenvalue weighted by atomic mass is 10.2. The summed E-state index contributed by atoms with van der Waals surface area (Å²) < 4.78 is 5.05. The first-order valence-electron chi connectivity index (χ1n) is 6.55.